The van der Waals surface area contributed by atoms with Crippen molar-refractivity contribution in [2.75, 3.05) is 38.2 Å². The highest BCUT2D eigenvalue weighted by molar-refractivity contribution is 9.09. The normalized spacial score (nSPS) is 25.8. The zero-order valence-electron chi connectivity index (χ0n) is 10.5. The van der Waals surface area contributed by atoms with Gasteiger partial charge in [0, 0.05) is 25.0 Å². The molecule has 2 aliphatic rings. The molecule has 0 unspecified atom stereocenters. The standard InChI is InChI=1S/C13H24BrNO2/c14-10-13(4-1-5-13)11-15-6-2-12(3-7-15)17-9-8-16/h12,16H,1-11H2. The molecule has 1 N–H and O–H groups in total. The maximum Gasteiger partial charge on any atom is 0.0701 e. The van der Waals surface area contributed by atoms with E-state index in [0.717, 1.165) is 31.3 Å². The summed E-state index contributed by atoms with van der Waals surface area (Å²) in [5, 5.41) is 9.89. The van der Waals surface area contributed by atoms with E-state index in [4.69, 9.17) is 9.84 Å². The van der Waals surface area contributed by atoms with Crippen molar-refractivity contribution < 1.29 is 9.84 Å². The molecule has 0 amide bonds. The molecule has 0 atom stereocenters. The topological polar surface area (TPSA) is 32.7 Å². The van der Waals surface area contributed by atoms with Gasteiger partial charge in [0.05, 0.1) is 19.3 Å². The van der Waals surface area contributed by atoms with Crippen molar-refractivity contribution in [3.8, 4) is 0 Å². The summed E-state index contributed by atoms with van der Waals surface area (Å²) >= 11 is 3.68. The van der Waals surface area contributed by atoms with Crippen LogP contribution in [0.2, 0.25) is 0 Å². The number of ether oxygens (including phenoxy) is 1. The predicted molar refractivity (Wildman–Crippen MR) is 72.6 cm³/mol. The Balaban J connectivity index is 1.68. The van der Waals surface area contributed by atoms with Crippen LogP contribution in [-0.2, 0) is 4.74 Å². The first-order chi connectivity index (χ1) is 8.28. The number of rotatable bonds is 6. The van der Waals surface area contributed by atoms with Crippen LogP contribution < -0.4 is 0 Å². The number of aliphatic hydroxyl groups is 1. The molecule has 2 fully saturated rings. The Hall–Kier alpha value is 0.360. The van der Waals surface area contributed by atoms with Gasteiger partial charge in [-0.2, -0.15) is 0 Å². The summed E-state index contributed by atoms with van der Waals surface area (Å²) in [6.45, 7) is 4.21. The Labute approximate surface area is 113 Å². The van der Waals surface area contributed by atoms with Crippen LogP contribution in [0.15, 0.2) is 0 Å². The van der Waals surface area contributed by atoms with Crippen molar-refractivity contribution in [2.45, 2.75) is 38.2 Å². The molecule has 0 aromatic carbocycles. The molecule has 3 nitrogen and oxygen atoms in total. The van der Waals surface area contributed by atoms with Crippen LogP contribution in [0, 0.1) is 5.41 Å². The number of nitrogens with zero attached hydrogens (tertiary/aromatic N) is 1. The van der Waals surface area contributed by atoms with E-state index in [2.05, 4.69) is 20.8 Å². The van der Waals surface area contributed by atoms with E-state index in [9.17, 15) is 0 Å². The Morgan fingerprint density at radius 1 is 1.29 bits per heavy atom. The molecule has 1 aliphatic heterocycles. The quantitative estimate of drug-likeness (QED) is 0.762. The van der Waals surface area contributed by atoms with Gasteiger partial charge in [-0.25, -0.2) is 0 Å². The number of aliphatic hydroxyl groups excluding tert-OH is 1. The summed E-state index contributed by atoms with van der Waals surface area (Å²) in [5.41, 5.74) is 0.568. The van der Waals surface area contributed by atoms with Crippen molar-refractivity contribution >= 4 is 15.9 Å². The van der Waals surface area contributed by atoms with Gasteiger partial charge in [0.25, 0.3) is 0 Å². The number of hydrogen-bond donors (Lipinski definition) is 1. The minimum Gasteiger partial charge on any atom is -0.394 e. The lowest BCUT2D eigenvalue weighted by atomic mass is 9.70. The third-order valence-electron chi connectivity index (χ3n) is 4.24. The predicted octanol–water partition coefficient (Wildman–Crippen LogP) is 2.02. The fourth-order valence-electron chi connectivity index (χ4n) is 2.94. The Kier molecular flexibility index (Phi) is 5.27. The summed E-state index contributed by atoms with van der Waals surface area (Å²) in [4.78, 5) is 2.60. The van der Waals surface area contributed by atoms with E-state index in [1.54, 1.807) is 0 Å². The maximum atomic E-state index is 8.73. The first-order valence-electron chi connectivity index (χ1n) is 6.79. The Bertz CT molecular complexity index is 220. The van der Waals surface area contributed by atoms with Gasteiger partial charge in [-0.05, 0) is 31.1 Å². The first kappa shape index (κ1) is 13.8. The molecular formula is C13H24BrNO2. The molecule has 4 heteroatoms. The number of likely N-dealkylation sites (tertiary alicyclic amines) is 1. The summed E-state index contributed by atoms with van der Waals surface area (Å²) in [7, 11) is 0. The number of piperidine rings is 1. The SMILES string of the molecule is OCCOC1CCN(CC2(CBr)CCC2)CC1. The van der Waals surface area contributed by atoms with E-state index in [-0.39, 0.29) is 6.61 Å². The molecule has 1 saturated carbocycles. The van der Waals surface area contributed by atoms with E-state index in [1.165, 1.54) is 25.8 Å². The first-order valence-corrected chi connectivity index (χ1v) is 7.91. The number of halogens is 1. The minimum absolute atomic E-state index is 0.146. The Morgan fingerprint density at radius 2 is 2.00 bits per heavy atom. The van der Waals surface area contributed by atoms with Crippen molar-refractivity contribution in [1.29, 1.82) is 0 Å². The van der Waals surface area contributed by atoms with E-state index >= 15 is 0 Å². The lowest BCUT2D eigenvalue weighted by molar-refractivity contribution is -0.0193. The largest absolute Gasteiger partial charge is 0.394 e. The zero-order chi connectivity index (χ0) is 12.1. The highest BCUT2D eigenvalue weighted by Crippen LogP contribution is 2.43. The van der Waals surface area contributed by atoms with Gasteiger partial charge in [-0.1, -0.05) is 22.4 Å². The summed E-state index contributed by atoms with van der Waals surface area (Å²) in [6, 6.07) is 0. The highest BCUT2D eigenvalue weighted by atomic mass is 79.9. The second-order valence-corrected chi connectivity index (χ2v) is 6.12. The second-order valence-electron chi connectivity index (χ2n) is 5.56. The van der Waals surface area contributed by atoms with Gasteiger partial charge in [-0.3, -0.25) is 0 Å². The molecule has 2 rings (SSSR count). The fourth-order valence-corrected chi connectivity index (χ4v) is 3.68. The van der Waals surface area contributed by atoms with Gasteiger partial charge in [0.2, 0.25) is 0 Å². The van der Waals surface area contributed by atoms with E-state index in [1.807, 2.05) is 0 Å². The average molecular weight is 306 g/mol. The van der Waals surface area contributed by atoms with Crippen LogP contribution >= 0.6 is 15.9 Å². The van der Waals surface area contributed by atoms with Crippen LogP contribution in [0.4, 0.5) is 0 Å². The molecule has 0 spiro atoms. The van der Waals surface area contributed by atoms with Crippen LogP contribution in [-0.4, -0.2) is 54.3 Å². The van der Waals surface area contributed by atoms with Crippen molar-refractivity contribution in [3.63, 3.8) is 0 Å². The number of alkyl halides is 1. The molecule has 100 valence electrons. The van der Waals surface area contributed by atoms with Crippen molar-refractivity contribution in [3.05, 3.63) is 0 Å². The van der Waals surface area contributed by atoms with Crippen molar-refractivity contribution in [2.24, 2.45) is 5.41 Å². The average Bonchev–Trinajstić information content (AvgIpc) is 2.33. The van der Waals surface area contributed by atoms with E-state index < -0.39 is 0 Å². The molecule has 17 heavy (non-hydrogen) atoms. The molecule has 0 radical (unpaired) electrons. The third kappa shape index (κ3) is 3.66. The molecular weight excluding hydrogens is 282 g/mol. The molecule has 1 saturated heterocycles. The van der Waals surface area contributed by atoms with Crippen LogP contribution in [0.1, 0.15) is 32.1 Å². The fraction of sp³-hybridized carbons (Fsp3) is 1.00. The van der Waals surface area contributed by atoms with Gasteiger partial charge in [0.1, 0.15) is 0 Å². The zero-order valence-corrected chi connectivity index (χ0v) is 12.1. The highest BCUT2D eigenvalue weighted by Gasteiger charge is 2.38. The lowest BCUT2D eigenvalue weighted by Gasteiger charge is -2.45. The summed E-state index contributed by atoms with van der Waals surface area (Å²) < 4.78 is 5.59. The smallest absolute Gasteiger partial charge is 0.0701 e. The maximum absolute atomic E-state index is 8.73. The monoisotopic (exact) mass is 305 g/mol. The van der Waals surface area contributed by atoms with Gasteiger partial charge >= 0.3 is 0 Å². The minimum atomic E-state index is 0.146. The van der Waals surface area contributed by atoms with Crippen molar-refractivity contribution in [1.82, 2.24) is 4.90 Å². The molecule has 0 aromatic heterocycles. The van der Waals surface area contributed by atoms with Gasteiger partial charge in [0.15, 0.2) is 0 Å². The number of hydrogen-bond acceptors (Lipinski definition) is 3. The third-order valence-corrected chi connectivity index (χ3v) is 5.43. The van der Waals surface area contributed by atoms with Gasteiger partial charge < -0.3 is 14.7 Å². The lowest BCUT2D eigenvalue weighted by Crippen LogP contribution is -2.47. The molecule has 1 heterocycles. The molecule has 1 aliphatic carbocycles. The Morgan fingerprint density at radius 3 is 2.47 bits per heavy atom. The molecule has 0 bridgehead atoms. The summed E-state index contributed by atoms with van der Waals surface area (Å²) in [6.07, 6.45) is 6.80. The second kappa shape index (κ2) is 6.50. The van der Waals surface area contributed by atoms with Crippen LogP contribution in [0.25, 0.3) is 0 Å². The van der Waals surface area contributed by atoms with Crippen LogP contribution in [0.5, 0.6) is 0 Å². The summed E-state index contributed by atoms with van der Waals surface area (Å²) in [5.74, 6) is 0. The van der Waals surface area contributed by atoms with Crippen LogP contribution in [0.3, 0.4) is 0 Å². The van der Waals surface area contributed by atoms with E-state index in [0.29, 0.717) is 18.1 Å². The van der Waals surface area contributed by atoms with Gasteiger partial charge in [-0.15, -0.1) is 0 Å². The molecule has 0 aromatic rings.